The van der Waals surface area contributed by atoms with Gasteiger partial charge in [0.15, 0.2) is 5.82 Å². The summed E-state index contributed by atoms with van der Waals surface area (Å²) in [5, 5.41) is 0. The van der Waals surface area contributed by atoms with Gasteiger partial charge in [0.2, 0.25) is 11.6 Å². The van der Waals surface area contributed by atoms with Gasteiger partial charge in [0.05, 0.1) is 19.5 Å². The van der Waals surface area contributed by atoms with Gasteiger partial charge in [-0.2, -0.15) is 0 Å². The van der Waals surface area contributed by atoms with E-state index in [-0.39, 0.29) is 12.3 Å². The topological polar surface area (TPSA) is 83.2 Å². The van der Waals surface area contributed by atoms with Crippen molar-refractivity contribution in [3.05, 3.63) is 59.9 Å². The van der Waals surface area contributed by atoms with Crippen molar-refractivity contribution in [3.63, 3.8) is 0 Å². The first kappa shape index (κ1) is 16.9. The molecule has 8 heteroatoms. The summed E-state index contributed by atoms with van der Waals surface area (Å²) in [7, 11) is 1.45. The lowest BCUT2D eigenvalue weighted by atomic mass is 10.2. The van der Waals surface area contributed by atoms with Gasteiger partial charge in [-0.1, -0.05) is 0 Å². The molecule has 7 nitrogen and oxygen atoms in total. The number of pyridine rings is 3. The van der Waals surface area contributed by atoms with Crippen LogP contribution in [0.25, 0.3) is 22.8 Å². The fraction of sp³-hybridized carbons (Fsp3) is 0.158. The molecule has 0 amide bonds. The predicted octanol–water partition coefficient (Wildman–Crippen LogP) is 3.71. The summed E-state index contributed by atoms with van der Waals surface area (Å²) in [4.78, 5) is 16.8. The number of methoxy groups -OCH3 is 1. The maximum Gasteiger partial charge on any atom is 0.248 e. The second-order valence-electron chi connectivity index (χ2n) is 5.83. The van der Waals surface area contributed by atoms with E-state index in [0.717, 1.165) is 5.56 Å². The van der Waals surface area contributed by atoms with Gasteiger partial charge < -0.3 is 13.9 Å². The summed E-state index contributed by atoms with van der Waals surface area (Å²) >= 11 is 0. The number of rotatable bonds is 5. The van der Waals surface area contributed by atoms with Gasteiger partial charge in [-0.25, -0.2) is 14.4 Å². The molecule has 0 aliphatic carbocycles. The minimum atomic E-state index is -0.502. The van der Waals surface area contributed by atoms with Gasteiger partial charge in [-0.05, 0) is 24.6 Å². The molecule has 0 radical (unpaired) electrons. The van der Waals surface area contributed by atoms with Crippen LogP contribution in [0.5, 0.6) is 11.5 Å². The molecule has 0 aliphatic heterocycles. The SMILES string of the molecule is COc1cnc(COc2cnc3oc(-c4cc(C)ccn4)nc3c2)c(F)c1. The third kappa shape index (κ3) is 3.55. The van der Waals surface area contributed by atoms with Crippen LogP contribution in [0.15, 0.2) is 47.3 Å². The molecule has 0 fully saturated rings. The molecule has 0 saturated carbocycles. The van der Waals surface area contributed by atoms with E-state index in [1.54, 1.807) is 12.3 Å². The molecule has 4 rings (SSSR count). The Morgan fingerprint density at radius 3 is 2.70 bits per heavy atom. The standard InChI is InChI=1S/C19H15FN4O3/c1-11-3-4-21-15(5-11)19-24-16-7-13(9-23-18(16)27-19)26-10-17-14(20)6-12(25-2)8-22-17/h3-9H,10H2,1-2H3. The van der Waals surface area contributed by atoms with E-state index in [2.05, 4.69) is 19.9 Å². The van der Waals surface area contributed by atoms with Crippen molar-refractivity contribution < 1.29 is 18.3 Å². The molecule has 136 valence electrons. The number of hydrogen-bond acceptors (Lipinski definition) is 7. The molecular weight excluding hydrogens is 351 g/mol. The number of hydrogen-bond donors (Lipinski definition) is 0. The van der Waals surface area contributed by atoms with Gasteiger partial charge in [0, 0.05) is 18.3 Å². The Kier molecular flexibility index (Phi) is 4.37. The van der Waals surface area contributed by atoms with Gasteiger partial charge in [-0.15, -0.1) is 0 Å². The molecule has 0 saturated heterocycles. The zero-order chi connectivity index (χ0) is 18.8. The maximum atomic E-state index is 13.9. The van der Waals surface area contributed by atoms with Crippen LogP contribution >= 0.6 is 0 Å². The molecule has 0 atom stereocenters. The fourth-order valence-corrected chi connectivity index (χ4v) is 2.46. The average Bonchev–Trinajstić information content (AvgIpc) is 3.10. The third-order valence-corrected chi connectivity index (χ3v) is 3.86. The van der Waals surface area contributed by atoms with Crippen LogP contribution in [0.1, 0.15) is 11.3 Å². The van der Waals surface area contributed by atoms with E-state index in [4.69, 9.17) is 13.9 Å². The highest BCUT2D eigenvalue weighted by Crippen LogP contribution is 2.25. The monoisotopic (exact) mass is 366 g/mol. The maximum absolute atomic E-state index is 13.9. The summed E-state index contributed by atoms with van der Waals surface area (Å²) in [6, 6.07) is 6.70. The van der Waals surface area contributed by atoms with Crippen LogP contribution in [0, 0.1) is 12.7 Å². The van der Waals surface area contributed by atoms with Crippen LogP contribution in [0.3, 0.4) is 0 Å². The fourth-order valence-electron chi connectivity index (χ4n) is 2.46. The van der Waals surface area contributed by atoms with E-state index >= 15 is 0 Å². The quantitative estimate of drug-likeness (QED) is 0.532. The molecule has 0 N–H and O–H groups in total. The van der Waals surface area contributed by atoms with Crippen LogP contribution in [-0.4, -0.2) is 27.0 Å². The van der Waals surface area contributed by atoms with E-state index < -0.39 is 5.82 Å². The normalized spacial score (nSPS) is 10.9. The number of ether oxygens (including phenoxy) is 2. The molecule has 27 heavy (non-hydrogen) atoms. The van der Waals surface area contributed by atoms with Crippen molar-refractivity contribution in [3.8, 4) is 23.1 Å². The Morgan fingerprint density at radius 2 is 1.93 bits per heavy atom. The first-order chi connectivity index (χ1) is 13.1. The van der Waals surface area contributed by atoms with Gasteiger partial charge in [-0.3, -0.25) is 9.97 Å². The Hall–Kier alpha value is -3.55. The summed E-state index contributed by atoms with van der Waals surface area (Å²) in [6.07, 6.45) is 4.61. The number of nitrogens with zero attached hydrogens (tertiary/aromatic N) is 4. The number of halogens is 1. The predicted molar refractivity (Wildman–Crippen MR) is 94.9 cm³/mol. The van der Waals surface area contributed by atoms with Crippen molar-refractivity contribution in [2.75, 3.05) is 7.11 Å². The number of aryl methyl sites for hydroxylation is 1. The van der Waals surface area contributed by atoms with Gasteiger partial charge in [0.25, 0.3) is 0 Å². The summed E-state index contributed by atoms with van der Waals surface area (Å²) in [5.41, 5.74) is 2.73. The summed E-state index contributed by atoms with van der Waals surface area (Å²) in [5.74, 6) is 0.648. The van der Waals surface area contributed by atoms with E-state index in [1.807, 2.05) is 19.1 Å². The molecule has 4 heterocycles. The number of fused-ring (bicyclic) bond motifs is 1. The summed E-state index contributed by atoms with van der Waals surface area (Å²) in [6.45, 7) is 1.91. The Bertz CT molecular complexity index is 1110. The molecule has 4 aromatic heterocycles. The smallest absolute Gasteiger partial charge is 0.248 e. The van der Waals surface area contributed by atoms with Crippen molar-refractivity contribution in [1.29, 1.82) is 0 Å². The second-order valence-corrected chi connectivity index (χ2v) is 5.83. The van der Waals surface area contributed by atoms with E-state index in [9.17, 15) is 4.39 Å². The van der Waals surface area contributed by atoms with Crippen molar-refractivity contribution in [1.82, 2.24) is 19.9 Å². The van der Waals surface area contributed by atoms with Crippen LogP contribution in [-0.2, 0) is 6.61 Å². The van der Waals surface area contributed by atoms with Gasteiger partial charge in [0.1, 0.15) is 35.0 Å². The van der Waals surface area contributed by atoms with Crippen LogP contribution in [0.2, 0.25) is 0 Å². The average molecular weight is 366 g/mol. The Morgan fingerprint density at radius 1 is 1.07 bits per heavy atom. The number of aromatic nitrogens is 4. The van der Waals surface area contributed by atoms with E-state index in [1.165, 1.54) is 25.6 Å². The van der Waals surface area contributed by atoms with Crippen molar-refractivity contribution >= 4 is 11.2 Å². The minimum absolute atomic E-state index is 0.0485. The lowest BCUT2D eigenvalue weighted by Crippen LogP contribution is -2.02. The highest BCUT2D eigenvalue weighted by Gasteiger charge is 2.12. The lowest BCUT2D eigenvalue weighted by Gasteiger charge is -2.07. The van der Waals surface area contributed by atoms with Crippen LogP contribution in [0.4, 0.5) is 4.39 Å². The highest BCUT2D eigenvalue weighted by atomic mass is 19.1. The van der Waals surface area contributed by atoms with Gasteiger partial charge >= 0.3 is 0 Å². The molecule has 0 aromatic carbocycles. The summed E-state index contributed by atoms with van der Waals surface area (Å²) < 4.78 is 30.1. The van der Waals surface area contributed by atoms with E-state index in [0.29, 0.717) is 34.3 Å². The second kappa shape index (κ2) is 6.99. The zero-order valence-electron chi connectivity index (χ0n) is 14.6. The lowest BCUT2D eigenvalue weighted by molar-refractivity contribution is 0.292. The highest BCUT2D eigenvalue weighted by molar-refractivity contribution is 5.73. The minimum Gasteiger partial charge on any atom is -0.495 e. The Labute approximate surface area is 153 Å². The van der Waals surface area contributed by atoms with Crippen molar-refractivity contribution in [2.45, 2.75) is 13.5 Å². The van der Waals surface area contributed by atoms with Crippen molar-refractivity contribution in [2.24, 2.45) is 0 Å². The molecule has 0 unspecified atom stereocenters. The Balaban J connectivity index is 1.55. The molecule has 4 aromatic rings. The first-order valence-corrected chi connectivity index (χ1v) is 8.13. The molecular formula is C19H15FN4O3. The number of oxazole rings is 1. The zero-order valence-corrected chi connectivity index (χ0v) is 14.6. The molecule has 0 bridgehead atoms. The first-order valence-electron chi connectivity index (χ1n) is 8.13. The molecule has 0 spiro atoms. The molecule has 0 aliphatic rings. The third-order valence-electron chi connectivity index (χ3n) is 3.86. The van der Waals surface area contributed by atoms with Crippen LogP contribution < -0.4 is 9.47 Å². The largest absolute Gasteiger partial charge is 0.495 e.